The molecule has 0 amide bonds. The number of hydrogen-bond donors (Lipinski definition) is 2. The number of benzene rings is 2. The van der Waals surface area contributed by atoms with Gasteiger partial charge >= 0.3 is 5.97 Å². The number of carboxylic acids is 1. The van der Waals surface area contributed by atoms with Gasteiger partial charge in [0.15, 0.2) is 0 Å². The smallest absolute Gasteiger partial charge is 0.335 e. The Labute approximate surface area is 131 Å². The van der Waals surface area contributed by atoms with Crippen LogP contribution in [0.15, 0.2) is 57.8 Å². The minimum Gasteiger partial charge on any atom is -0.506 e. The molecule has 8 nitrogen and oxygen atoms in total. The number of carbonyl (C=O) groups is 1. The van der Waals surface area contributed by atoms with Crippen LogP contribution in [0.4, 0.5) is 11.4 Å². The van der Waals surface area contributed by atoms with Crippen LogP contribution in [0.3, 0.4) is 0 Å². The van der Waals surface area contributed by atoms with E-state index in [2.05, 4.69) is 20.3 Å². The number of phenols is 1. The largest absolute Gasteiger partial charge is 0.506 e. The molecular formula is C15H13N5O3. The maximum absolute atomic E-state index is 10.8. The first-order valence-corrected chi connectivity index (χ1v) is 6.68. The van der Waals surface area contributed by atoms with Crippen molar-refractivity contribution in [2.45, 2.75) is 6.42 Å². The predicted molar refractivity (Wildman–Crippen MR) is 83.4 cm³/mol. The standard InChI is InChI=1S/C15H13N5O3/c16-20-17-8-7-10-1-6-14(21)13(9-10)19-18-12-4-2-11(3-5-12)15(22)23/h1-6,9,21H,7-8H2,(H,22,23). The lowest BCUT2D eigenvalue weighted by molar-refractivity contribution is 0.0697. The second kappa shape index (κ2) is 7.58. The number of aromatic carboxylic acids is 1. The Kier molecular flexibility index (Phi) is 5.27. The average Bonchev–Trinajstić information content (AvgIpc) is 2.55. The molecule has 0 unspecified atom stereocenters. The number of phenolic OH excluding ortho intramolecular Hbond substituents is 1. The summed E-state index contributed by atoms with van der Waals surface area (Å²) in [6.45, 7) is 0.314. The number of carboxylic acid groups (broad SMARTS) is 1. The number of aromatic hydroxyl groups is 1. The zero-order valence-electron chi connectivity index (χ0n) is 12.0. The van der Waals surface area contributed by atoms with Crippen molar-refractivity contribution in [3.05, 3.63) is 64.0 Å². The van der Waals surface area contributed by atoms with Crippen molar-refractivity contribution < 1.29 is 15.0 Å². The van der Waals surface area contributed by atoms with Crippen LogP contribution < -0.4 is 0 Å². The van der Waals surface area contributed by atoms with Gasteiger partial charge in [-0.3, -0.25) is 0 Å². The van der Waals surface area contributed by atoms with Gasteiger partial charge in [-0.2, -0.15) is 5.11 Å². The molecule has 0 saturated heterocycles. The van der Waals surface area contributed by atoms with Crippen LogP contribution in [0.2, 0.25) is 0 Å². The van der Waals surface area contributed by atoms with Gasteiger partial charge in [0.1, 0.15) is 11.4 Å². The van der Waals surface area contributed by atoms with Crippen molar-refractivity contribution in [3.63, 3.8) is 0 Å². The molecule has 2 aromatic rings. The molecule has 8 heteroatoms. The molecule has 0 radical (unpaired) electrons. The van der Waals surface area contributed by atoms with E-state index < -0.39 is 5.97 Å². The number of hydrogen-bond acceptors (Lipinski definition) is 5. The zero-order valence-corrected chi connectivity index (χ0v) is 12.0. The molecule has 0 aliphatic carbocycles. The molecule has 2 aromatic carbocycles. The summed E-state index contributed by atoms with van der Waals surface area (Å²) in [6, 6.07) is 10.7. The first-order valence-electron chi connectivity index (χ1n) is 6.68. The van der Waals surface area contributed by atoms with Crippen LogP contribution >= 0.6 is 0 Å². The van der Waals surface area contributed by atoms with Crippen LogP contribution in [0.5, 0.6) is 5.75 Å². The van der Waals surface area contributed by atoms with E-state index in [0.717, 1.165) is 5.56 Å². The first-order chi connectivity index (χ1) is 11.1. The molecule has 2 N–H and O–H groups in total. The van der Waals surface area contributed by atoms with E-state index in [0.29, 0.717) is 18.7 Å². The summed E-state index contributed by atoms with van der Waals surface area (Å²) in [6.07, 6.45) is 0.528. The van der Waals surface area contributed by atoms with E-state index >= 15 is 0 Å². The highest BCUT2D eigenvalue weighted by atomic mass is 16.4. The fraction of sp³-hybridized carbons (Fsp3) is 0.133. The number of rotatable bonds is 6. The highest BCUT2D eigenvalue weighted by Gasteiger charge is 2.03. The molecule has 0 aliphatic rings. The summed E-state index contributed by atoms with van der Waals surface area (Å²) in [4.78, 5) is 13.4. The van der Waals surface area contributed by atoms with Crippen molar-refractivity contribution in [1.82, 2.24) is 0 Å². The van der Waals surface area contributed by atoms with E-state index in [4.69, 9.17) is 10.6 Å². The third-order valence-corrected chi connectivity index (χ3v) is 2.99. The molecular weight excluding hydrogens is 298 g/mol. The second-order valence-corrected chi connectivity index (χ2v) is 4.58. The normalized spacial score (nSPS) is 10.4. The predicted octanol–water partition coefficient (Wildman–Crippen LogP) is 4.36. The zero-order chi connectivity index (χ0) is 16.7. The average molecular weight is 311 g/mol. The summed E-state index contributed by atoms with van der Waals surface area (Å²) in [7, 11) is 0. The second-order valence-electron chi connectivity index (χ2n) is 4.58. The molecule has 0 aromatic heterocycles. The van der Waals surface area contributed by atoms with Gasteiger partial charge in [0.05, 0.1) is 11.3 Å². The molecule has 0 spiro atoms. The van der Waals surface area contributed by atoms with E-state index in [-0.39, 0.29) is 17.0 Å². The van der Waals surface area contributed by atoms with Crippen LogP contribution in [-0.2, 0) is 6.42 Å². The maximum Gasteiger partial charge on any atom is 0.335 e. The number of nitrogens with zero attached hydrogens (tertiary/aromatic N) is 5. The topological polar surface area (TPSA) is 131 Å². The molecule has 0 heterocycles. The maximum atomic E-state index is 10.8. The Bertz CT molecular complexity index is 780. The number of azide groups is 1. The quantitative estimate of drug-likeness (QED) is 0.466. The van der Waals surface area contributed by atoms with Crippen LogP contribution in [0.25, 0.3) is 10.4 Å². The lowest BCUT2D eigenvalue weighted by Crippen LogP contribution is -1.93. The molecule has 2 rings (SSSR count). The van der Waals surface area contributed by atoms with E-state index in [1.807, 2.05) is 0 Å². The van der Waals surface area contributed by atoms with Crippen molar-refractivity contribution in [2.24, 2.45) is 15.3 Å². The SMILES string of the molecule is [N-]=[N+]=NCCc1ccc(O)c(N=Nc2ccc(C(=O)O)cc2)c1. The van der Waals surface area contributed by atoms with Gasteiger partial charge in [0.25, 0.3) is 0 Å². The summed E-state index contributed by atoms with van der Waals surface area (Å²) in [5.41, 5.74) is 10.0. The Morgan fingerprint density at radius 2 is 1.87 bits per heavy atom. The highest BCUT2D eigenvalue weighted by Crippen LogP contribution is 2.29. The van der Waals surface area contributed by atoms with Crippen LogP contribution in [0, 0.1) is 0 Å². The van der Waals surface area contributed by atoms with Crippen molar-refractivity contribution in [2.75, 3.05) is 6.54 Å². The molecule has 0 aliphatic heterocycles. The summed E-state index contributed by atoms with van der Waals surface area (Å²) >= 11 is 0. The van der Waals surface area contributed by atoms with Gasteiger partial charge < -0.3 is 10.2 Å². The molecule has 0 fully saturated rings. The molecule has 0 bridgehead atoms. The molecule has 116 valence electrons. The Morgan fingerprint density at radius 1 is 1.13 bits per heavy atom. The van der Waals surface area contributed by atoms with Crippen LogP contribution in [0.1, 0.15) is 15.9 Å². The van der Waals surface area contributed by atoms with Gasteiger partial charge in [-0.25, -0.2) is 4.79 Å². The summed E-state index contributed by atoms with van der Waals surface area (Å²) in [5.74, 6) is -1.04. The Balaban J connectivity index is 2.15. The van der Waals surface area contributed by atoms with Gasteiger partial charge in [0, 0.05) is 11.5 Å². The molecule has 0 saturated carbocycles. The van der Waals surface area contributed by atoms with Crippen molar-refractivity contribution in [3.8, 4) is 5.75 Å². The van der Waals surface area contributed by atoms with Gasteiger partial charge in [-0.15, -0.1) is 5.11 Å². The Hall–Kier alpha value is -3.38. The van der Waals surface area contributed by atoms with E-state index in [1.165, 1.54) is 30.3 Å². The van der Waals surface area contributed by atoms with E-state index in [1.54, 1.807) is 12.1 Å². The monoisotopic (exact) mass is 311 g/mol. The lowest BCUT2D eigenvalue weighted by atomic mass is 10.1. The van der Waals surface area contributed by atoms with Gasteiger partial charge in [0.2, 0.25) is 0 Å². The molecule has 0 atom stereocenters. The molecule has 23 heavy (non-hydrogen) atoms. The number of azo groups is 1. The van der Waals surface area contributed by atoms with Crippen LogP contribution in [-0.4, -0.2) is 22.7 Å². The summed E-state index contributed by atoms with van der Waals surface area (Å²) in [5, 5.41) is 30.0. The Morgan fingerprint density at radius 3 is 2.52 bits per heavy atom. The highest BCUT2D eigenvalue weighted by molar-refractivity contribution is 5.87. The van der Waals surface area contributed by atoms with E-state index in [9.17, 15) is 9.90 Å². The minimum atomic E-state index is -1.01. The fourth-order valence-corrected chi connectivity index (χ4v) is 1.81. The third-order valence-electron chi connectivity index (χ3n) is 2.99. The van der Waals surface area contributed by atoms with Crippen molar-refractivity contribution >= 4 is 17.3 Å². The fourth-order valence-electron chi connectivity index (χ4n) is 1.81. The van der Waals surface area contributed by atoms with Crippen molar-refractivity contribution in [1.29, 1.82) is 0 Å². The first kappa shape index (κ1) is 16.0. The van der Waals surface area contributed by atoms with Gasteiger partial charge in [-0.05, 0) is 53.9 Å². The third kappa shape index (κ3) is 4.55. The summed E-state index contributed by atoms with van der Waals surface area (Å²) < 4.78 is 0. The minimum absolute atomic E-state index is 0.0246. The van der Waals surface area contributed by atoms with Gasteiger partial charge in [-0.1, -0.05) is 11.2 Å². The lowest BCUT2D eigenvalue weighted by Gasteiger charge is -2.02.